The molecule has 0 aliphatic carbocycles. The fourth-order valence-corrected chi connectivity index (χ4v) is 2.50. The minimum absolute atomic E-state index is 0.375. The van der Waals surface area contributed by atoms with Crippen molar-refractivity contribution in [3.63, 3.8) is 0 Å². The maximum atomic E-state index is 11.1. The highest BCUT2D eigenvalue weighted by Gasteiger charge is 2.37. The molecule has 7 nitrogen and oxygen atoms in total. The minimum Gasteiger partial charge on any atom is -0.457 e. The molecular formula is C14H22O7. The molecule has 7 heteroatoms. The van der Waals surface area contributed by atoms with E-state index in [9.17, 15) is 9.59 Å². The number of hydrogen-bond acceptors (Lipinski definition) is 7. The molecule has 0 aromatic carbocycles. The normalized spacial score (nSPS) is 33.2. The summed E-state index contributed by atoms with van der Waals surface area (Å²) in [6, 6.07) is 0. The van der Waals surface area contributed by atoms with Crippen molar-refractivity contribution in [3.05, 3.63) is 0 Å². The molecule has 4 atom stereocenters. The average Bonchev–Trinajstić information content (AvgIpc) is 2.42. The summed E-state index contributed by atoms with van der Waals surface area (Å²) in [5.74, 6) is -0.750. The van der Waals surface area contributed by atoms with Crippen LogP contribution in [0.5, 0.6) is 0 Å². The lowest BCUT2D eigenvalue weighted by Crippen LogP contribution is -2.47. The monoisotopic (exact) mass is 302 g/mol. The third-order valence-corrected chi connectivity index (χ3v) is 3.34. The van der Waals surface area contributed by atoms with Crippen molar-refractivity contribution < 1.29 is 33.3 Å². The molecule has 0 N–H and O–H groups in total. The van der Waals surface area contributed by atoms with Gasteiger partial charge < -0.3 is 23.7 Å². The van der Waals surface area contributed by atoms with Gasteiger partial charge in [-0.25, -0.2) is 0 Å². The molecule has 2 saturated heterocycles. The van der Waals surface area contributed by atoms with Crippen LogP contribution in [0.2, 0.25) is 0 Å². The Kier molecular flexibility index (Phi) is 5.96. The predicted octanol–water partition coefficient (Wildman–Crippen LogP) is 1.14. The smallest absolute Gasteiger partial charge is 0.303 e. The molecule has 0 bridgehead atoms. The first-order chi connectivity index (χ1) is 10.1. The summed E-state index contributed by atoms with van der Waals surface area (Å²) in [6.07, 6.45) is 0.657. The molecule has 2 rings (SSSR count). The first-order valence-corrected chi connectivity index (χ1v) is 7.29. The van der Waals surface area contributed by atoms with E-state index < -0.39 is 24.8 Å². The zero-order valence-electron chi connectivity index (χ0n) is 12.4. The Labute approximate surface area is 123 Å². The Bertz CT molecular complexity index is 336. The lowest BCUT2D eigenvalue weighted by Gasteiger charge is -2.37. The van der Waals surface area contributed by atoms with Gasteiger partial charge in [0.05, 0.1) is 13.2 Å². The molecule has 0 saturated carbocycles. The second-order valence-corrected chi connectivity index (χ2v) is 5.19. The molecule has 120 valence electrons. The van der Waals surface area contributed by atoms with E-state index in [1.807, 2.05) is 0 Å². The second-order valence-electron chi connectivity index (χ2n) is 5.19. The topological polar surface area (TPSA) is 80.3 Å². The molecule has 0 aromatic heterocycles. The van der Waals surface area contributed by atoms with Gasteiger partial charge in [0.25, 0.3) is 0 Å². The van der Waals surface area contributed by atoms with Crippen LogP contribution in [0, 0.1) is 0 Å². The van der Waals surface area contributed by atoms with Gasteiger partial charge in [0, 0.05) is 13.8 Å². The van der Waals surface area contributed by atoms with Crippen molar-refractivity contribution >= 4 is 11.9 Å². The van der Waals surface area contributed by atoms with Crippen LogP contribution >= 0.6 is 0 Å². The Balaban J connectivity index is 1.95. The molecule has 2 fully saturated rings. The highest BCUT2D eigenvalue weighted by atomic mass is 16.8. The van der Waals surface area contributed by atoms with Crippen LogP contribution in [0.4, 0.5) is 0 Å². The van der Waals surface area contributed by atoms with Crippen LogP contribution in [-0.4, -0.2) is 49.9 Å². The van der Waals surface area contributed by atoms with Gasteiger partial charge in [-0.2, -0.15) is 0 Å². The zero-order valence-corrected chi connectivity index (χ0v) is 12.4. The van der Waals surface area contributed by atoms with Crippen LogP contribution in [0.1, 0.15) is 39.5 Å². The van der Waals surface area contributed by atoms with Gasteiger partial charge in [0.2, 0.25) is 0 Å². The standard InChI is InChI=1S/C14H22O7/c1-9(15)19-11-5-3-7-17-13(11)21-14-12(20-10(2)16)6-4-8-18-14/h11-14H,3-8H2,1-2H3/t11-,12+,13-,14+. The van der Waals surface area contributed by atoms with Crippen molar-refractivity contribution in [2.45, 2.75) is 64.3 Å². The summed E-state index contributed by atoms with van der Waals surface area (Å²) >= 11 is 0. The first-order valence-electron chi connectivity index (χ1n) is 7.29. The highest BCUT2D eigenvalue weighted by Crippen LogP contribution is 2.25. The van der Waals surface area contributed by atoms with Crippen molar-refractivity contribution in [2.24, 2.45) is 0 Å². The lowest BCUT2D eigenvalue weighted by atomic mass is 10.1. The van der Waals surface area contributed by atoms with Crippen molar-refractivity contribution in [1.29, 1.82) is 0 Å². The van der Waals surface area contributed by atoms with Crippen molar-refractivity contribution in [2.75, 3.05) is 13.2 Å². The van der Waals surface area contributed by atoms with Gasteiger partial charge in [-0.3, -0.25) is 9.59 Å². The van der Waals surface area contributed by atoms with E-state index in [4.69, 9.17) is 23.7 Å². The van der Waals surface area contributed by atoms with Crippen LogP contribution < -0.4 is 0 Å². The van der Waals surface area contributed by atoms with Gasteiger partial charge in [-0.15, -0.1) is 0 Å². The van der Waals surface area contributed by atoms with Crippen LogP contribution in [-0.2, 0) is 33.3 Å². The molecule has 21 heavy (non-hydrogen) atoms. The van der Waals surface area contributed by atoms with Crippen molar-refractivity contribution in [3.8, 4) is 0 Å². The third kappa shape index (κ3) is 4.94. The number of esters is 2. The average molecular weight is 302 g/mol. The number of carbonyl (C=O) groups excluding carboxylic acids is 2. The molecule has 2 heterocycles. The van der Waals surface area contributed by atoms with E-state index in [0.717, 1.165) is 12.8 Å². The molecule has 0 radical (unpaired) electrons. The van der Waals surface area contributed by atoms with Gasteiger partial charge in [-0.05, 0) is 25.7 Å². The van der Waals surface area contributed by atoms with Gasteiger partial charge in [0.1, 0.15) is 0 Å². The van der Waals surface area contributed by atoms with Gasteiger partial charge >= 0.3 is 11.9 Å². The van der Waals surface area contributed by atoms with E-state index in [-0.39, 0.29) is 11.9 Å². The summed E-state index contributed by atoms with van der Waals surface area (Å²) < 4.78 is 27.2. The molecule has 0 aromatic rings. The minimum atomic E-state index is -0.691. The van der Waals surface area contributed by atoms with Gasteiger partial charge in [-0.1, -0.05) is 0 Å². The summed E-state index contributed by atoms with van der Waals surface area (Å²) in [7, 11) is 0. The predicted molar refractivity (Wildman–Crippen MR) is 70.1 cm³/mol. The molecular weight excluding hydrogens is 280 g/mol. The fourth-order valence-electron chi connectivity index (χ4n) is 2.50. The number of carbonyl (C=O) groups is 2. The summed E-state index contributed by atoms with van der Waals surface area (Å²) in [6.45, 7) is 3.77. The molecule has 0 amide bonds. The Morgan fingerprint density at radius 1 is 0.857 bits per heavy atom. The maximum absolute atomic E-state index is 11.1. The number of ether oxygens (including phenoxy) is 5. The largest absolute Gasteiger partial charge is 0.457 e. The second kappa shape index (κ2) is 7.72. The van der Waals surface area contributed by atoms with Crippen LogP contribution in [0.25, 0.3) is 0 Å². The number of rotatable bonds is 4. The zero-order chi connectivity index (χ0) is 15.2. The molecule has 0 unspecified atom stereocenters. The number of hydrogen-bond donors (Lipinski definition) is 0. The van der Waals surface area contributed by atoms with E-state index in [1.54, 1.807) is 0 Å². The van der Waals surface area contributed by atoms with E-state index >= 15 is 0 Å². The molecule has 2 aliphatic heterocycles. The van der Waals surface area contributed by atoms with Crippen molar-refractivity contribution in [1.82, 2.24) is 0 Å². The summed E-state index contributed by atoms with van der Waals surface area (Å²) in [5.41, 5.74) is 0. The first kappa shape index (κ1) is 16.2. The lowest BCUT2D eigenvalue weighted by molar-refractivity contribution is -0.314. The van der Waals surface area contributed by atoms with E-state index in [0.29, 0.717) is 26.1 Å². The van der Waals surface area contributed by atoms with Gasteiger partial charge in [0.15, 0.2) is 24.8 Å². The SMILES string of the molecule is CC(=O)O[C@H]1CCCO[C@H]1O[C@H]1OCCC[C@H]1OC(C)=O. The van der Waals surface area contributed by atoms with Crippen LogP contribution in [0.3, 0.4) is 0 Å². The van der Waals surface area contributed by atoms with E-state index in [1.165, 1.54) is 13.8 Å². The molecule has 2 aliphatic rings. The fraction of sp³-hybridized carbons (Fsp3) is 0.857. The van der Waals surface area contributed by atoms with Crippen LogP contribution in [0.15, 0.2) is 0 Å². The Hall–Kier alpha value is -1.18. The third-order valence-electron chi connectivity index (χ3n) is 3.34. The highest BCUT2D eigenvalue weighted by molar-refractivity contribution is 5.66. The Morgan fingerprint density at radius 3 is 1.67 bits per heavy atom. The molecule has 0 spiro atoms. The maximum Gasteiger partial charge on any atom is 0.303 e. The van der Waals surface area contributed by atoms with E-state index in [2.05, 4.69) is 0 Å². The Morgan fingerprint density at radius 2 is 1.29 bits per heavy atom. The quantitative estimate of drug-likeness (QED) is 0.720. The summed E-state index contributed by atoms with van der Waals surface area (Å²) in [4.78, 5) is 22.3. The summed E-state index contributed by atoms with van der Waals surface area (Å²) in [5, 5.41) is 0.